The van der Waals surface area contributed by atoms with Gasteiger partial charge in [-0.2, -0.15) is 0 Å². The number of rotatable bonds is 2. The van der Waals surface area contributed by atoms with Crippen molar-refractivity contribution in [2.75, 3.05) is 44.4 Å². The molecule has 19 heavy (non-hydrogen) atoms. The van der Waals surface area contributed by atoms with Gasteiger partial charge in [0.05, 0.1) is 5.52 Å². The molecule has 1 aromatic heterocycles. The van der Waals surface area contributed by atoms with Crippen LogP contribution in [0.4, 0.5) is 11.5 Å². The highest BCUT2D eigenvalue weighted by Crippen LogP contribution is 2.21. The Kier molecular flexibility index (Phi) is 3.18. The molecule has 0 atom stereocenters. The molecule has 100 valence electrons. The normalized spacial score (nSPS) is 17.7. The fourth-order valence-electron chi connectivity index (χ4n) is 2.23. The Balaban J connectivity index is 1.84. The molecule has 0 aliphatic carbocycles. The van der Waals surface area contributed by atoms with Gasteiger partial charge in [0.15, 0.2) is 5.82 Å². The van der Waals surface area contributed by atoms with Crippen LogP contribution in [0, 0.1) is 0 Å². The van der Waals surface area contributed by atoms with E-state index < -0.39 is 0 Å². The van der Waals surface area contributed by atoms with Crippen LogP contribution >= 0.6 is 0 Å². The predicted octanol–water partition coefficient (Wildman–Crippen LogP) is 0.786. The maximum atomic E-state index is 5.78. The number of nitrogens with two attached hydrogens (primary N) is 1. The van der Waals surface area contributed by atoms with Gasteiger partial charge in [0, 0.05) is 37.3 Å². The second kappa shape index (κ2) is 4.99. The second-order valence-electron chi connectivity index (χ2n) is 4.90. The SMILES string of the molecule is CN1CCN(Nc2ncnc3cc(N)ccc23)CC1. The molecule has 0 saturated carbocycles. The van der Waals surface area contributed by atoms with Gasteiger partial charge < -0.3 is 16.1 Å². The third kappa shape index (κ3) is 2.59. The lowest BCUT2D eigenvalue weighted by atomic mass is 10.2. The smallest absolute Gasteiger partial charge is 0.151 e. The summed E-state index contributed by atoms with van der Waals surface area (Å²) in [6.45, 7) is 4.08. The summed E-state index contributed by atoms with van der Waals surface area (Å²) in [5, 5.41) is 3.19. The minimum Gasteiger partial charge on any atom is -0.399 e. The lowest BCUT2D eigenvalue weighted by Crippen LogP contribution is -2.47. The molecular weight excluding hydrogens is 240 g/mol. The lowest BCUT2D eigenvalue weighted by Gasteiger charge is -2.32. The first kappa shape index (κ1) is 12.1. The Hall–Kier alpha value is -1.92. The largest absolute Gasteiger partial charge is 0.399 e. The third-order valence-corrected chi connectivity index (χ3v) is 3.43. The molecule has 3 rings (SSSR count). The molecular formula is C13H18N6. The topological polar surface area (TPSA) is 70.3 Å². The second-order valence-corrected chi connectivity index (χ2v) is 4.90. The molecule has 1 aliphatic rings. The van der Waals surface area contributed by atoms with Crippen molar-refractivity contribution < 1.29 is 0 Å². The first-order valence-electron chi connectivity index (χ1n) is 6.43. The zero-order valence-electron chi connectivity index (χ0n) is 11.0. The van der Waals surface area contributed by atoms with Crippen molar-refractivity contribution in [2.24, 2.45) is 0 Å². The molecule has 2 heterocycles. The fraction of sp³-hybridized carbons (Fsp3) is 0.385. The summed E-state index contributed by atoms with van der Waals surface area (Å²) in [6.07, 6.45) is 1.57. The molecule has 1 fully saturated rings. The number of anilines is 2. The van der Waals surface area contributed by atoms with E-state index in [0.717, 1.165) is 48.6 Å². The maximum absolute atomic E-state index is 5.78. The number of nitrogens with one attached hydrogen (secondary N) is 1. The van der Waals surface area contributed by atoms with Crippen LogP contribution in [0.2, 0.25) is 0 Å². The van der Waals surface area contributed by atoms with E-state index in [9.17, 15) is 0 Å². The van der Waals surface area contributed by atoms with E-state index in [-0.39, 0.29) is 0 Å². The highest BCUT2D eigenvalue weighted by Gasteiger charge is 2.15. The van der Waals surface area contributed by atoms with Crippen molar-refractivity contribution in [1.82, 2.24) is 19.9 Å². The summed E-state index contributed by atoms with van der Waals surface area (Å²) in [5.74, 6) is 0.842. The predicted molar refractivity (Wildman–Crippen MR) is 76.6 cm³/mol. The highest BCUT2D eigenvalue weighted by molar-refractivity contribution is 5.90. The highest BCUT2D eigenvalue weighted by atomic mass is 15.5. The Morgan fingerprint density at radius 2 is 1.95 bits per heavy atom. The van der Waals surface area contributed by atoms with Crippen molar-refractivity contribution >= 4 is 22.4 Å². The summed E-state index contributed by atoms with van der Waals surface area (Å²) in [6, 6.07) is 5.70. The lowest BCUT2D eigenvalue weighted by molar-refractivity contribution is 0.178. The van der Waals surface area contributed by atoms with Crippen molar-refractivity contribution in [3.8, 4) is 0 Å². The van der Waals surface area contributed by atoms with Crippen molar-refractivity contribution in [3.63, 3.8) is 0 Å². The molecule has 1 saturated heterocycles. The van der Waals surface area contributed by atoms with Gasteiger partial charge in [-0.3, -0.25) is 0 Å². The number of nitrogens with zero attached hydrogens (tertiary/aromatic N) is 4. The van der Waals surface area contributed by atoms with E-state index in [1.165, 1.54) is 0 Å². The number of aromatic nitrogens is 2. The van der Waals surface area contributed by atoms with Crippen LogP contribution in [0.5, 0.6) is 0 Å². The summed E-state index contributed by atoms with van der Waals surface area (Å²) < 4.78 is 0. The van der Waals surface area contributed by atoms with Crippen LogP contribution < -0.4 is 11.2 Å². The van der Waals surface area contributed by atoms with E-state index in [4.69, 9.17) is 5.73 Å². The van der Waals surface area contributed by atoms with Crippen LogP contribution in [0.25, 0.3) is 10.9 Å². The van der Waals surface area contributed by atoms with Crippen molar-refractivity contribution in [3.05, 3.63) is 24.5 Å². The van der Waals surface area contributed by atoms with Crippen LogP contribution in [-0.2, 0) is 0 Å². The first-order chi connectivity index (χ1) is 9.22. The van der Waals surface area contributed by atoms with Gasteiger partial charge in [-0.1, -0.05) is 0 Å². The Bertz CT molecular complexity index is 576. The Morgan fingerprint density at radius 1 is 1.16 bits per heavy atom. The van der Waals surface area contributed by atoms with Gasteiger partial charge in [0.2, 0.25) is 0 Å². The maximum Gasteiger partial charge on any atom is 0.151 e. The molecule has 6 nitrogen and oxygen atoms in total. The fourth-order valence-corrected chi connectivity index (χ4v) is 2.23. The number of likely N-dealkylation sites (N-methyl/N-ethyl adjacent to an activating group) is 1. The van der Waals surface area contributed by atoms with Gasteiger partial charge >= 0.3 is 0 Å². The van der Waals surface area contributed by atoms with E-state index in [2.05, 4.69) is 32.4 Å². The van der Waals surface area contributed by atoms with Crippen molar-refractivity contribution in [1.29, 1.82) is 0 Å². The Morgan fingerprint density at radius 3 is 2.74 bits per heavy atom. The number of nitrogen functional groups attached to an aromatic ring is 1. The van der Waals surface area contributed by atoms with Gasteiger partial charge in [0.25, 0.3) is 0 Å². The molecule has 1 aliphatic heterocycles. The monoisotopic (exact) mass is 258 g/mol. The summed E-state index contributed by atoms with van der Waals surface area (Å²) in [5.41, 5.74) is 10.7. The number of hydrogen-bond acceptors (Lipinski definition) is 6. The van der Waals surface area contributed by atoms with E-state index in [1.807, 2.05) is 18.2 Å². The number of piperazine rings is 1. The summed E-state index contributed by atoms with van der Waals surface area (Å²) >= 11 is 0. The first-order valence-corrected chi connectivity index (χ1v) is 6.43. The van der Waals surface area contributed by atoms with Crippen LogP contribution in [-0.4, -0.2) is 53.1 Å². The molecule has 0 spiro atoms. The zero-order valence-corrected chi connectivity index (χ0v) is 11.0. The molecule has 2 aromatic rings. The van der Waals surface area contributed by atoms with Gasteiger partial charge in [0.1, 0.15) is 6.33 Å². The minimum absolute atomic E-state index is 0.719. The molecule has 6 heteroatoms. The quantitative estimate of drug-likeness (QED) is 0.776. The molecule has 0 unspecified atom stereocenters. The third-order valence-electron chi connectivity index (χ3n) is 3.43. The number of hydrogen-bond donors (Lipinski definition) is 2. The minimum atomic E-state index is 0.719. The average molecular weight is 258 g/mol. The van der Waals surface area contributed by atoms with Gasteiger partial charge in [-0.05, 0) is 25.2 Å². The van der Waals surface area contributed by atoms with Gasteiger partial charge in [-0.15, -0.1) is 0 Å². The van der Waals surface area contributed by atoms with E-state index >= 15 is 0 Å². The molecule has 3 N–H and O–H groups in total. The summed E-state index contributed by atoms with van der Waals surface area (Å²) in [4.78, 5) is 10.9. The van der Waals surface area contributed by atoms with E-state index in [1.54, 1.807) is 6.33 Å². The molecule has 1 aromatic carbocycles. The zero-order chi connectivity index (χ0) is 13.2. The van der Waals surface area contributed by atoms with Crippen LogP contribution in [0.1, 0.15) is 0 Å². The number of hydrazine groups is 1. The van der Waals surface area contributed by atoms with Gasteiger partial charge in [-0.25, -0.2) is 15.0 Å². The molecule has 0 amide bonds. The van der Waals surface area contributed by atoms with E-state index in [0.29, 0.717) is 0 Å². The van der Waals surface area contributed by atoms with Crippen LogP contribution in [0.15, 0.2) is 24.5 Å². The summed E-state index contributed by atoms with van der Waals surface area (Å²) in [7, 11) is 2.14. The number of fused-ring (bicyclic) bond motifs is 1. The average Bonchev–Trinajstić information content (AvgIpc) is 2.41. The Labute approximate surface area is 112 Å². The molecule has 0 bridgehead atoms. The molecule has 0 radical (unpaired) electrons. The standard InChI is InChI=1S/C13H18N6/c1-18-4-6-19(7-5-18)17-13-11-3-2-10(14)8-12(11)15-9-16-13/h2-3,8-9H,4-7,14H2,1H3,(H,15,16,17). The van der Waals surface area contributed by atoms with Crippen molar-refractivity contribution in [2.45, 2.75) is 0 Å². The number of benzene rings is 1. The van der Waals surface area contributed by atoms with Crippen LogP contribution in [0.3, 0.4) is 0 Å².